The van der Waals surface area contributed by atoms with E-state index in [0.29, 0.717) is 70.3 Å². The van der Waals surface area contributed by atoms with E-state index in [4.69, 9.17) is 55.1 Å². The molecule has 0 radical (unpaired) electrons. The van der Waals surface area contributed by atoms with Gasteiger partial charge in [-0.3, -0.25) is 48.1 Å². The zero-order valence-electron chi connectivity index (χ0n) is 62.4. The monoisotopic (exact) mass is 1510 g/mol. The molecule has 12 N–H and O–H groups in total. The fourth-order valence-electron chi connectivity index (χ4n) is 11.0. The highest BCUT2D eigenvalue weighted by atomic mass is 32.2. The van der Waals surface area contributed by atoms with E-state index in [2.05, 4.69) is 46.9 Å². The maximum Gasteiger partial charge on any atom is 0.246 e. The Hall–Kier alpha value is -6.98. The van der Waals surface area contributed by atoms with Gasteiger partial charge in [0, 0.05) is 98.5 Å². The van der Waals surface area contributed by atoms with Gasteiger partial charge < -0.3 is 81.5 Å². The largest absolute Gasteiger partial charge is 0.508 e. The number of aromatic amines is 1. The molecule has 0 spiro atoms. The van der Waals surface area contributed by atoms with Crippen LogP contribution < -0.4 is 38.5 Å². The highest BCUT2D eigenvalue weighted by Crippen LogP contribution is 2.25. The number of aromatic hydroxyl groups is 1. The van der Waals surface area contributed by atoms with Gasteiger partial charge in [-0.15, -0.1) is 10.2 Å². The van der Waals surface area contributed by atoms with Crippen LogP contribution in [-0.2, 0) is 104 Å². The number of guanidine groups is 1. The Labute approximate surface area is 623 Å². The molecule has 4 atom stereocenters. The van der Waals surface area contributed by atoms with Gasteiger partial charge in [0.2, 0.25) is 29.5 Å². The maximum absolute atomic E-state index is 13.6. The van der Waals surface area contributed by atoms with E-state index in [0.717, 1.165) is 37.9 Å². The van der Waals surface area contributed by atoms with Crippen LogP contribution in [0, 0.1) is 17.8 Å². The number of tetrazole rings is 1. The summed E-state index contributed by atoms with van der Waals surface area (Å²) in [6.07, 6.45) is 20.2. The van der Waals surface area contributed by atoms with Crippen LogP contribution in [0.1, 0.15) is 189 Å². The van der Waals surface area contributed by atoms with Crippen LogP contribution in [0.25, 0.3) is 0 Å². The molecule has 105 heavy (non-hydrogen) atoms. The number of phenolic OH excluding ortho intramolecular Hbond substituents is 1. The van der Waals surface area contributed by atoms with E-state index in [-0.39, 0.29) is 218 Å². The average Bonchev–Trinajstić information content (AvgIpc) is 0.986. The molecule has 0 saturated heterocycles. The van der Waals surface area contributed by atoms with E-state index in [1.54, 1.807) is 26.0 Å². The minimum atomic E-state index is -3.56. The third kappa shape index (κ3) is 54.3. The lowest BCUT2D eigenvalue weighted by Crippen LogP contribution is -2.49. The van der Waals surface area contributed by atoms with Gasteiger partial charge in [-0.25, -0.2) is 8.42 Å². The van der Waals surface area contributed by atoms with E-state index in [1.807, 2.05) is 0 Å². The number of nitrogens with zero attached hydrogens (tertiary/aromatic N) is 4. The number of Topliss-reactive ketones (excluding diaryl/α,β-unsaturated/α-hetero) is 4. The molecule has 1 aromatic heterocycles. The van der Waals surface area contributed by atoms with Crippen molar-refractivity contribution in [3.8, 4) is 5.75 Å². The second kappa shape index (κ2) is 62.1. The van der Waals surface area contributed by atoms with Gasteiger partial charge in [0.1, 0.15) is 61.3 Å². The minimum Gasteiger partial charge on any atom is -0.508 e. The molecule has 5 amide bonds. The number of nitrogens with one attached hydrogen (secondary N) is 5. The summed E-state index contributed by atoms with van der Waals surface area (Å²) in [6.45, 7) is 6.75. The maximum atomic E-state index is 13.6. The summed E-state index contributed by atoms with van der Waals surface area (Å²) in [5, 5.41) is 34.5. The predicted octanol–water partition coefficient (Wildman–Crippen LogP) is 4.24. The first-order valence-electron chi connectivity index (χ1n) is 37.5. The highest BCUT2D eigenvalue weighted by Gasteiger charge is 2.34. The molecule has 0 aliphatic rings. The smallest absolute Gasteiger partial charge is 0.246 e. The van der Waals surface area contributed by atoms with Crippen molar-refractivity contribution in [1.82, 2.24) is 41.9 Å². The molecule has 1 heterocycles. The molecule has 0 aliphatic carbocycles. The lowest BCUT2D eigenvalue weighted by molar-refractivity contribution is -0.136. The molecule has 1 aromatic carbocycles. The topological polar surface area (TPSA) is 475 Å². The molecule has 32 nitrogen and oxygen atoms in total. The molecule has 0 aliphatic heterocycles. The van der Waals surface area contributed by atoms with Crippen LogP contribution in [0.5, 0.6) is 5.75 Å². The van der Waals surface area contributed by atoms with Crippen molar-refractivity contribution in [3.05, 3.63) is 35.7 Å². The van der Waals surface area contributed by atoms with Crippen LogP contribution in [0.4, 0.5) is 0 Å². The number of aliphatic imine (C=N–C) groups is 1. The normalized spacial score (nSPS) is 12.6. The Morgan fingerprint density at radius 3 is 1.52 bits per heavy atom. The van der Waals surface area contributed by atoms with Crippen molar-refractivity contribution >= 4 is 68.5 Å². The molecule has 0 saturated carbocycles. The number of aryl methyl sites for hydroxylation is 1. The summed E-state index contributed by atoms with van der Waals surface area (Å²) in [6, 6.07) is 5.13. The number of carbonyl (C=O) groups excluding carboxylic acids is 9. The number of rotatable bonds is 73. The highest BCUT2D eigenvalue weighted by molar-refractivity contribution is 7.92. The lowest BCUT2D eigenvalue weighted by Gasteiger charge is -2.26. The zero-order valence-corrected chi connectivity index (χ0v) is 63.2. The van der Waals surface area contributed by atoms with Crippen LogP contribution in [0.2, 0.25) is 0 Å². The van der Waals surface area contributed by atoms with Crippen molar-refractivity contribution < 1.29 is 97.4 Å². The van der Waals surface area contributed by atoms with E-state index in [9.17, 15) is 56.7 Å². The third-order valence-electron chi connectivity index (χ3n) is 16.9. The quantitative estimate of drug-likeness (QED) is 0.0254. The lowest BCUT2D eigenvalue weighted by atomic mass is 9.80. The summed E-state index contributed by atoms with van der Waals surface area (Å²) in [7, 11) is -3.56. The molecule has 1 unspecified atom stereocenters. The average molecular weight is 1510 g/mol. The van der Waals surface area contributed by atoms with Gasteiger partial charge in [-0.1, -0.05) is 108 Å². The van der Waals surface area contributed by atoms with Crippen LogP contribution in [0.15, 0.2) is 29.3 Å². The zero-order chi connectivity index (χ0) is 76.8. The number of hydrogen-bond donors (Lipinski definition) is 9. The number of ketones is 4. The summed E-state index contributed by atoms with van der Waals surface area (Å²) >= 11 is 0. The Morgan fingerprint density at radius 1 is 0.524 bits per heavy atom. The minimum absolute atomic E-state index is 0. The molecule has 0 fully saturated rings. The Morgan fingerprint density at radius 2 is 1.00 bits per heavy atom. The van der Waals surface area contributed by atoms with Crippen molar-refractivity contribution in [2.24, 2.45) is 39.9 Å². The standard InChI is InChI=1S/C72H124N12O20S.2H2/c1-56(69(92)57(2)63(27-18-34-79-72(74)75)71(94)80-64(70(73)93)50-58-29-31-60(86)32-30-58)22-16-17-33-76-66(89)52-104-48-44-100-40-36-78-68(91)54-103-47-42-98-38-20-25-61(87)51-101-45-43-99-39-35-77-67(90)53-102-46-41-97-37-19-24-59(85)26-21-49-105(95,96)55-62(88)23-14-12-10-8-6-4-3-5-7-9-11-13-15-28-65-81-83-84-82-65;;/h29-32,56-57,63-64,86H,3-28,33-55H2,1-2H3,(H2,73,93)(H,76,89)(H,77,90)(H,78,91)(H,80,94)(H4,74,75,79)(H,81,82,83,84);2*1H/t56-,57?,63+,64-;;/m0../s1. The number of phenols is 1. The van der Waals surface area contributed by atoms with Crippen molar-refractivity contribution in [2.45, 2.75) is 193 Å². The van der Waals surface area contributed by atoms with E-state index in [1.165, 1.54) is 63.5 Å². The number of sulfone groups is 1. The van der Waals surface area contributed by atoms with Gasteiger partial charge in [0.25, 0.3) is 0 Å². The summed E-state index contributed by atoms with van der Waals surface area (Å²) in [5.41, 5.74) is 17.2. The van der Waals surface area contributed by atoms with Crippen LogP contribution in [-0.4, -0.2) is 242 Å². The number of unbranched alkanes of at least 4 members (excludes halogenated alkanes) is 13. The van der Waals surface area contributed by atoms with Gasteiger partial charge in [-0.05, 0) is 75.5 Å². The van der Waals surface area contributed by atoms with E-state index < -0.39 is 51.2 Å². The first-order chi connectivity index (χ1) is 50.6. The van der Waals surface area contributed by atoms with Gasteiger partial charge in [-0.2, -0.15) is 5.21 Å². The second-order valence-corrected chi connectivity index (χ2v) is 28.3. The number of hydrogen-bond acceptors (Lipinski definition) is 24. The number of carbonyl (C=O) groups is 9. The first-order valence-corrected chi connectivity index (χ1v) is 39.3. The number of nitrogens with two attached hydrogens (primary N) is 3. The molecule has 2 rings (SSSR count). The van der Waals surface area contributed by atoms with Gasteiger partial charge in [0.15, 0.2) is 27.4 Å². The summed E-state index contributed by atoms with van der Waals surface area (Å²) in [4.78, 5) is 117. The van der Waals surface area contributed by atoms with Gasteiger partial charge >= 0.3 is 0 Å². The van der Waals surface area contributed by atoms with Gasteiger partial charge in [0.05, 0.1) is 71.8 Å². The summed E-state index contributed by atoms with van der Waals surface area (Å²) in [5.74, 6) is -4.52. The fraction of sp³-hybridized carbons (Fsp3) is 0.764. The third-order valence-corrected chi connectivity index (χ3v) is 18.6. The Bertz CT molecular complexity index is 2850. The van der Waals surface area contributed by atoms with Crippen molar-refractivity contribution in [2.75, 3.05) is 143 Å². The SMILES string of the molecule is CC(C(=O)[C@@H](C)CCCCNC(=O)COCCOCCNC(=O)COCCOCCCC(=O)COCCOCCNC(=O)COCCOCCCC(=O)CCCS(=O)(=O)CC(=O)CCCCCCCCCCCCCCCc1nn[nH]n1)[C@@H](CCCN=C(N)N)C(=O)N[C@@H](Cc1ccc(O)cc1)C(N)=O.[HH].[HH]. The van der Waals surface area contributed by atoms with E-state index >= 15 is 0 Å². The number of H-pyrrole nitrogens is 1. The molecule has 0 bridgehead atoms. The molecule has 2 aromatic rings. The predicted molar refractivity (Wildman–Crippen MR) is 397 cm³/mol. The van der Waals surface area contributed by atoms with Crippen molar-refractivity contribution in [1.29, 1.82) is 0 Å². The molecular formula is C72H128N12O20S. The van der Waals surface area contributed by atoms with Crippen molar-refractivity contribution in [3.63, 3.8) is 0 Å². The number of amides is 5. The van der Waals surface area contributed by atoms with Crippen LogP contribution in [0.3, 0.4) is 0 Å². The second-order valence-electron chi connectivity index (χ2n) is 26.1. The molecule has 33 heteroatoms. The molecule has 602 valence electrons. The molecular weight excluding hydrogens is 1380 g/mol. The number of ether oxygens (including phenoxy) is 8. The Balaban J connectivity index is 0.0000562. The Kier molecular flexibility index (Phi) is 55.7. The summed E-state index contributed by atoms with van der Waals surface area (Å²) < 4.78 is 68.3. The number of benzene rings is 1. The first kappa shape index (κ1) is 94.1. The number of primary amides is 1. The fourth-order valence-corrected chi connectivity index (χ4v) is 12.3. The number of aromatic nitrogens is 4. The van der Waals surface area contributed by atoms with Crippen LogP contribution >= 0.6 is 0 Å².